The van der Waals surface area contributed by atoms with Gasteiger partial charge in [-0.2, -0.15) is 0 Å². The molecule has 0 saturated carbocycles. The van der Waals surface area contributed by atoms with Crippen LogP contribution in [0.25, 0.3) is 0 Å². The monoisotopic (exact) mass is 312 g/mol. The molecule has 0 radical (unpaired) electrons. The Morgan fingerprint density at radius 3 is 2.43 bits per heavy atom. The van der Waals surface area contributed by atoms with Crippen LogP contribution in [0.4, 0.5) is 0 Å². The van der Waals surface area contributed by atoms with Gasteiger partial charge in [0.25, 0.3) is 0 Å². The lowest BCUT2D eigenvalue weighted by atomic mass is 10.0. The van der Waals surface area contributed by atoms with Gasteiger partial charge in [-0.05, 0) is 19.5 Å². The zero-order chi connectivity index (χ0) is 15.9. The van der Waals surface area contributed by atoms with Gasteiger partial charge in [0.15, 0.2) is 5.78 Å². The predicted molar refractivity (Wildman–Crippen MR) is 80.6 cm³/mol. The number of sulfonamides is 1. The molecule has 0 fully saturated rings. The average Bonchev–Trinajstić information content (AvgIpc) is 2.45. The van der Waals surface area contributed by atoms with Gasteiger partial charge in [0.2, 0.25) is 15.9 Å². The van der Waals surface area contributed by atoms with Gasteiger partial charge in [-0.15, -0.1) is 0 Å². The highest BCUT2D eigenvalue weighted by Gasteiger charge is 2.12. The lowest BCUT2D eigenvalue weighted by Crippen LogP contribution is -2.33. The fraction of sp³-hybridized carbons (Fsp3) is 0.429. The number of ketones is 1. The quantitative estimate of drug-likeness (QED) is 0.688. The van der Waals surface area contributed by atoms with Crippen LogP contribution >= 0.6 is 0 Å². The van der Waals surface area contributed by atoms with Gasteiger partial charge >= 0.3 is 0 Å². The largest absolute Gasteiger partial charge is 0.355 e. The van der Waals surface area contributed by atoms with E-state index in [-0.39, 0.29) is 36.8 Å². The minimum Gasteiger partial charge on any atom is -0.355 e. The maximum Gasteiger partial charge on any atom is 0.220 e. The normalized spacial score (nSPS) is 11.1. The Kier molecular flexibility index (Phi) is 6.51. The first-order valence-electron chi connectivity index (χ1n) is 6.62. The van der Waals surface area contributed by atoms with E-state index in [9.17, 15) is 18.0 Å². The summed E-state index contributed by atoms with van der Waals surface area (Å²) in [6.07, 6.45) is 0.155. The van der Waals surface area contributed by atoms with Crippen molar-refractivity contribution in [3.8, 4) is 0 Å². The van der Waals surface area contributed by atoms with E-state index in [1.807, 2.05) is 19.1 Å². The van der Waals surface area contributed by atoms with E-state index < -0.39 is 10.0 Å². The van der Waals surface area contributed by atoms with Crippen LogP contribution in [0.15, 0.2) is 24.3 Å². The molecule has 116 valence electrons. The average molecular weight is 312 g/mol. The van der Waals surface area contributed by atoms with Gasteiger partial charge in [0.1, 0.15) is 0 Å². The molecule has 0 bridgehead atoms. The number of rotatable bonds is 8. The maximum absolute atomic E-state index is 12.0. The summed E-state index contributed by atoms with van der Waals surface area (Å²) in [5, 5.41) is 2.48. The molecule has 0 aromatic heterocycles. The van der Waals surface area contributed by atoms with Crippen molar-refractivity contribution < 1.29 is 18.0 Å². The lowest BCUT2D eigenvalue weighted by Gasteiger charge is -2.06. The van der Waals surface area contributed by atoms with Crippen LogP contribution in [-0.4, -0.2) is 39.5 Å². The Morgan fingerprint density at radius 2 is 1.81 bits per heavy atom. The Morgan fingerprint density at radius 1 is 1.14 bits per heavy atom. The number of hydrogen-bond acceptors (Lipinski definition) is 4. The van der Waals surface area contributed by atoms with Crippen molar-refractivity contribution in [2.75, 3.05) is 19.3 Å². The number of carbonyl (C=O) groups excluding carboxylic acids is 2. The molecule has 1 aromatic carbocycles. The molecular formula is C14H20N2O4S. The van der Waals surface area contributed by atoms with E-state index in [0.717, 1.165) is 5.56 Å². The number of amides is 1. The standard InChI is InChI=1S/C14H20N2O4S/c1-11-5-3-4-6-12(11)13(17)7-8-14(18)16-9-10-21(19,20)15-2/h3-6,15H,7-10H2,1-2H3,(H,16,18). The van der Waals surface area contributed by atoms with E-state index >= 15 is 0 Å². The highest BCUT2D eigenvalue weighted by atomic mass is 32.2. The minimum absolute atomic E-state index is 0.0283. The van der Waals surface area contributed by atoms with Crippen molar-refractivity contribution in [3.63, 3.8) is 0 Å². The fourth-order valence-electron chi connectivity index (χ4n) is 1.76. The summed E-state index contributed by atoms with van der Waals surface area (Å²) >= 11 is 0. The summed E-state index contributed by atoms with van der Waals surface area (Å²) < 4.78 is 24.5. The summed E-state index contributed by atoms with van der Waals surface area (Å²) in [6.45, 7) is 1.87. The van der Waals surface area contributed by atoms with Crippen LogP contribution < -0.4 is 10.0 Å². The molecule has 0 aliphatic heterocycles. The van der Waals surface area contributed by atoms with E-state index in [1.165, 1.54) is 7.05 Å². The van der Waals surface area contributed by atoms with Crippen molar-refractivity contribution in [1.82, 2.24) is 10.0 Å². The summed E-state index contributed by atoms with van der Waals surface area (Å²) in [4.78, 5) is 23.5. The molecule has 6 nitrogen and oxygen atoms in total. The van der Waals surface area contributed by atoms with Gasteiger partial charge < -0.3 is 5.32 Å². The van der Waals surface area contributed by atoms with Gasteiger partial charge in [-0.1, -0.05) is 24.3 Å². The van der Waals surface area contributed by atoms with Gasteiger partial charge in [-0.3, -0.25) is 9.59 Å². The second-order valence-electron chi connectivity index (χ2n) is 4.61. The highest BCUT2D eigenvalue weighted by Crippen LogP contribution is 2.10. The lowest BCUT2D eigenvalue weighted by molar-refractivity contribution is -0.120. The molecule has 0 saturated heterocycles. The molecule has 0 atom stereocenters. The molecule has 0 aliphatic rings. The highest BCUT2D eigenvalue weighted by molar-refractivity contribution is 7.89. The molecule has 1 amide bonds. The van der Waals surface area contributed by atoms with Crippen molar-refractivity contribution in [2.45, 2.75) is 19.8 Å². The molecule has 0 unspecified atom stereocenters. The van der Waals surface area contributed by atoms with Gasteiger partial charge in [-0.25, -0.2) is 13.1 Å². The third-order valence-corrected chi connectivity index (χ3v) is 4.39. The van der Waals surface area contributed by atoms with E-state index in [4.69, 9.17) is 0 Å². The topological polar surface area (TPSA) is 92.3 Å². The first-order valence-corrected chi connectivity index (χ1v) is 8.27. The van der Waals surface area contributed by atoms with E-state index in [1.54, 1.807) is 12.1 Å². The number of carbonyl (C=O) groups is 2. The first kappa shape index (κ1) is 17.3. The molecule has 1 aromatic rings. The number of nitrogens with one attached hydrogen (secondary N) is 2. The molecular weight excluding hydrogens is 292 g/mol. The van der Waals surface area contributed by atoms with Crippen LogP contribution in [-0.2, 0) is 14.8 Å². The summed E-state index contributed by atoms with van der Waals surface area (Å²) in [7, 11) is -2.01. The Balaban J connectivity index is 2.37. The zero-order valence-corrected chi connectivity index (χ0v) is 13.0. The van der Waals surface area contributed by atoms with Gasteiger partial charge in [0, 0.05) is 24.9 Å². The van der Waals surface area contributed by atoms with Crippen LogP contribution in [0.2, 0.25) is 0 Å². The smallest absolute Gasteiger partial charge is 0.220 e. The van der Waals surface area contributed by atoms with Crippen LogP contribution in [0.1, 0.15) is 28.8 Å². The Labute approximate surface area is 125 Å². The zero-order valence-electron chi connectivity index (χ0n) is 12.2. The van der Waals surface area contributed by atoms with Crippen molar-refractivity contribution >= 4 is 21.7 Å². The van der Waals surface area contributed by atoms with E-state index in [0.29, 0.717) is 5.56 Å². The maximum atomic E-state index is 12.0. The minimum atomic E-state index is -3.33. The summed E-state index contributed by atoms with van der Waals surface area (Å²) in [6, 6.07) is 7.20. The first-order chi connectivity index (χ1) is 9.85. The third-order valence-electron chi connectivity index (χ3n) is 3.03. The van der Waals surface area contributed by atoms with Crippen molar-refractivity contribution in [2.24, 2.45) is 0 Å². The molecule has 0 heterocycles. The Bertz CT molecular complexity index is 611. The second-order valence-corrected chi connectivity index (χ2v) is 6.66. The SMILES string of the molecule is CNS(=O)(=O)CCNC(=O)CCC(=O)c1ccccc1C. The molecule has 0 aliphatic carbocycles. The molecule has 7 heteroatoms. The van der Waals surface area contributed by atoms with Gasteiger partial charge in [0.05, 0.1) is 5.75 Å². The summed E-state index contributed by atoms with van der Waals surface area (Å²) in [5.74, 6) is -0.601. The summed E-state index contributed by atoms with van der Waals surface area (Å²) in [5.41, 5.74) is 1.49. The second kappa shape index (κ2) is 7.90. The number of benzene rings is 1. The predicted octanol–water partition coefficient (Wildman–Crippen LogP) is 0.623. The molecule has 1 rings (SSSR count). The Hall–Kier alpha value is -1.73. The molecule has 2 N–H and O–H groups in total. The third kappa shape index (κ3) is 6.05. The molecule has 21 heavy (non-hydrogen) atoms. The fourth-order valence-corrected chi connectivity index (χ4v) is 2.34. The van der Waals surface area contributed by atoms with E-state index in [2.05, 4.69) is 10.0 Å². The van der Waals surface area contributed by atoms with Crippen LogP contribution in [0.3, 0.4) is 0 Å². The van der Waals surface area contributed by atoms with Crippen LogP contribution in [0, 0.1) is 6.92 Å². The molecule has 0 spiro atoms. The number of aryl methyl sites for hydroxylation is 1. The van der Waals surface area contributed by atoms with Crippen LogP contribution in [0.5, 0.6) is 0 Å². The van der Waals surface area contributed by atoms with Crippen molar-refractivity contribution in [3.05, 3.63) is 35.4 Å². The van der Waals surface area contributed by atoms with Crippen molar-refractivity contribution in [1.29, 1.82) is 0 Å². The number of hydrogen-bond donors (Lipinski definition) is 2. The number of Topliss-reactive ketones (excluding diaryl/α,β-unsaturated/α-hetero) is 1.